The molecule has 16 heavy (non-hydrogen) atoms. The van der Waals surface area contributed by atoms with Crippen molar-refractivity contribution in [3.8, 4) is 0 Å². The number of anilines is 1. The number of rotatable bonds is 4. The maximum absolute atomic E-state index is 11.1. The molecule has 3 N–H and O–H groups in total. The van der Waals surface area contributed by atoms with E-state index in [0.29, 0.717) is 12.2 Å². The van der Waals surface area contributed by atoms with E-state index in [1.54, 1.807) is 12.1 Å². The molecule has 0 aliphatic carbocycles. The molecule has 1 rings (SSSR count). The molecule has 0 atom stereocenters. The van der Waals surface area contributed by atoms with Crippen LogP contribution < -0.4 is 10.5 Å². The third-order valence-electron chi connectivity index (χ3n) is 2.02. The van der Waals surface area contributed by atoms with Crippen molar-refractivity contribution in [2.24, 2.45) is 5.73 Å². The normalized spacial score (nSPS) is 11.9. The zero-order valence-corrected chi connectivity index (χ0v) is 10.2. The van der Waals surface area contributed by atoms with E-state index >= 15 is 0 Å². The summed E-state index contributed by atoms with van der Waals surface area (Å²) in [5.41, 5.74) is 8.05. The monoisotopic (exact) mass is 240 g/mol. The van der Waals surface area contributed by atoms with Gasteiger partial charge in [0.15, 0.2) is 0 Å². The van der Waals surface area contributed by atoms with E-state index in [1.807, 2.05) is 25.1 Å². The average molecular weight is 240 g/mol. The molecule has 1 aromatic rings. The summed E-state index contributed by atoms with van der Waals surface area (Å²) >= 11 is 0. The van der Waals surface area contributed by atoms with Crippen LogP contribution in [0.1, 0.15) is 18.1 Å². The second-order valence-electron chi connectivity index (χ2n) is 3.49. The molecule has 4 nitrogen and oxygen atoms in total. The van der Waals surface area contributed by atoms with Crippen LogP contribution in [-0.4, -0.2) is 14.7 Å². The van der Waals surface area contributed by atoms with Gasteiger partial charge in [0.1, 0.15) is 0 Å². The Morgan fingerprint density at radius 2 is 2.12 bits per heavy atom. The fourth-order valence-corrected chi connectivity index (χ4v) is 1.95. The third-order valence-corrected chi connectivity index (χ3v) is 2.62. The number of sulfonamides is 1. The molecule has 5 heteroatoms. The zero-order valence-electron chi connectivity index (χ0n) is 9.40. The minimum Gasteiger partial charge on any atom is -0.326 e. The Morgan fingerprint density at radius 1 is 1.44 bits per heavy atom. The van der Waals surface area contributed by atoms with E-state index in [9.17, 15) is 8.42 Å². The first-order valence-electron chi connectivity index (χ1n) is 4.89. The minimum absolute atomic E-state index is 0.429. The van der Waals surface area contributed by atoms with Crippen molar-refractivity contribution < 1.29 is 8.42 Å². The molecule has 0 saturated heterocycles. The summed E-state index contributed by atoms with van der Waals surface area (Å²) in [7, 11) is -3.23. The van der Waals surface area contributed by atoms with E-state index in [2.05, 4.69) is 4.72 Å². The molecule has 0 saturated carbocycles. The summed E-state index contributed by atoms with van der Waals surface area (Å²) < 4.78 is 24.6. The van der Waals surface area contributed by atoms with Crippen LogP contribution in [0.4, 0.5) is 5.69 Å². The minimum atomic E-state index is -3.23. The van der Waals surface area contributed by atoms with Crippen LogP contribution in [0.3, 0.4) is 0 Å². The fraction of sp³-hybridized carbons (Fsp3) is 0.273. The highest BCUT2D eigenvalue weighted by Gasteiger charge is 2.04. The van der Waals surface area contributed by atoms with Crippen molar-refractivity contribution in [1.82, 2.24) is 0 Å². The Bertz CT molecular complexity index is 493. The number of allylic oxidation sites excluding steroid dienone is 1. The second kappa shape index (κ2) is 5.14. The number of nitrogens with two attached hydrogens (primary N) is 1. The maximum atomic E-state index is 11.1. The molecular weight excluding hydrogens is 224 g/mol. The standard InChI is InChI=1S/C11H16N2O2S/c1-3-4-9-7-11(13-16(2,14)15)6-5-10(9)8-12/h3-7,13H,8,12H2,1-2H3/b4-3+. The Balaban J connectivity index is 3.11. The first-order chi connectivity index (χ1) is 7.46. The lowest BCUT2D eigenvalue weighted by atomic mass is 10.1. The molecule has 0 unspecified atom stereocenters. The van der Waals surface area contributed by atoms with Crippen molar-refractivity contribution in [2.45, 2.75) is 13.5 Å². The Morgan fingerprint density at radius 3 is 2.62 bits per heavy atom. The van der Waals surface area contributed by atoms with Gasteiger partial charge in [-0.2, -0.15) is 0 Å². The second-order valence-corrected chi connectivity index (χ2v) is 5.24. The van der Waals surface area contributed by atoms with E-state index in [-0.39, 0.29) is 0 Å². The van der Waals surface area contributed by atoms with Gasteiger partial charge in [-0.15, -0.1) is 0 Å². The van der Waals surface area contributed by atoms with Crippen molar-refractivity contribution in [2.75, 3.05) is 11.0 Å². The highest BCUT2D eigenvalue weighted by Crippen LogP contribution is 2.18. The van der Waals surface area contributed by atoms with Gasteiger partial charge in [0.2, 0.25) is 10.0 Å². The van der Waals surface area contributed by atoms with E-state index < -0.39 is 10.0 Å². The molecule has 0 aromatic heterocycles. The molecule has 0 fully saturated rings. The van der Waals surface area contributed by atoms with Crippen molar-refractivity contribution in [1.29, 1.82) is 0 Å². The zero-order chi connectivity index (χ0) is 12.2. The fourth-order valence-electron chi connectivity index (χ4n) is 1.39. The number of hydrogen-bond acceptors (Lipinski definition) is 3. The molecule has 0 amide bonds. The van der Waals surface area contributed by atoms with Crippen LogP contribution in [0, 0.1) is 0 Å². The summed E-state index contributed by atoms with van der Waals surface area (Å²) in [4.78, 5) is 0. The first-order valence-corrected chi connectivity index (χ1v) is 6.79. The Kier molecular flexibility index (Phi) is 4.09. The molecule has 88 valence electrons. The smallest absolute Gasteiger partial charge is 0.229 e. The van der Waals surface area contributed by atoms with Crippen LogP contribution in [0.2, 0.25) is 0 Å². The predicted octanol–water partition coefficient (Wildman–Crippen LogP) is 1.55. The van der Waals surface area contributed by atoms with Gasteiger partial charge in [0.05, 0.1) is 6.26 Å². The summed E-state index contributed by atoms with van der Waals surface area (Å²) in [6.45, 7) is 2.33. The van der Waals surface area contributed by atoms with Gasteiger partial charge in [-0.3, -0.25) is 4.72 Å². The van der Waals surface area contributed by atoms with Gasteiger partial charge >= 0.3 is 0 Å². The van der Waals surface area contributed by atoms with Crippen LogP contribution in [-0.2, 0) is 16.6 Å². The third kappa shape index (κ3) is 3.67. The molecule has 0 aliphatic heterocycles. The lowest BCUT2D eigenvalue weighted by Crippen LogP contribution is -2.10. The quantitative estimate of drug-likeness (QED) is 0.838. The van der Waals surface area contributed by atoms with Crippen LogP contribution >= 0.6 is 0 Å². The van der Waals surface area contributed by atoms with E-state index in [0.717, 1.165) is 17.4 Å². The molecule has 0 radical (unpaired) electrons. The van der Waals surface area contributed by atoms with E-state index in [1.165, 1.54) is 0 Å². The maximum Gasteiger partial charge on any atom is 0.229 e. The first kappa shape index (κ1) is 12.7. The van der Waals surface area contributed by atoms with Crippen LogP contribution in [0.15, 0.2) is 24.3 Å². The van der Waals surface area contributed by atoms with Gasteiger partial charge < -0.3 is 5.73 Å². The lowest BCUT2D eigenvalue weighted by molar-refractivity contribution is 0.607. The summed E-state index contributed by atoms with van der Waals surface area (Å²) in [6, 6.07) is 5.29. The van der Waals surface area contributed by atoms with Crippen molar-refractivity contribution in [3.63, 3.8) is 0 Å². The number of hydrogen-bond donors (Lipinski definition) is 2. The average Bonchev–Trinajstić information content (AvgIpc) is 2.16. The SMILES string of the molecule is C/C=C/c1cc(NS(C)(=O)=O)ccc1CN. The van der Waals surface area contributed by atoms with Crippen LogP contribution in [0.25, 0.3) is 6.08 Å². The molecule has 0 aliphatic rings. The molecule has 0 heterocycles. The Labute approximate surface area is 96.2 Å². The predicted molar refractivity (Wildman–Crippen MR) is 67.5 cm³/mol. The van der Waals surface area contributed by atoms with Gasteiger partial charge in [-0.25, -0.2) is 8.42 Å². The highest BCUT2D eigenvalue weighted by atomic mass is 32.2. The molecule has 0 spiro atoms. The number of benzene rings is 1. The van der Waals surface area contributed by atoms with Crippen LogP contribution in [0.5, 0.6) is 0 Å². The highest BCUT2D eigenvalue weighted by molar-refractivity contribution is 7.92. The summed E-state index contributed by atoms with van der Waals surface area (Å²) in [6.07, 6.45) is 4.91. The largest absolute Gasteiger partial charge is 0.326 e. The number of nitrogens with one attached hydrogen (secondary N) is 1. The molecule has 1 aromatic carbocycles. The summed E-state index contributed by atoms with van der Waals surface area (Å²) in [5, 5.41) is 0. The topological polar surface area (TPSA) is 72.2 Å². The van der Waals surface area contributed by atoms with E-state index in [4.69, 9.17) is 5.73 Å². The van der Waals surface area contributed by atoms with Crippen molar-refractivity contribution >= 4 is 21.8 Å². The van der Waals surface area contributed by atoms with Gasteiger partial charge in [0.25, 0.3) is 0 Å². The van der Waals surface area contributed by atoms with Gasteiger partial charge in [0, 0.05) is 12.2 Å². The van der Waals surface area contributed by atoms with Gasteiger partial charge in [-0.05, 0) is 30.2 Å². The lowest BCUT2D eigenvalue weighted by Gasteiger charge is -2.08. The van der Waals surface area contributed by atoms with Crippen molar-refractivity contribution in [3.05, 3.63) is 35.4 Å². The van der Waals surface area contributed by atoms with Gasteiger partial charge in [-0.1, -0.05) is 18.2 Å². The Hall–Kier alpha value is -1.33. The molecule has 0 bridgehead atoms. The summed E-state index contributed by atoms with van der Waals surface area (Å²) in [5.74, 6) is 0. The molecular formula is C11H16N2O2S.